The second-order valence-electron chi connectivity index (χ2n) is 15.3. The van der Waals surface area contributed by atoms with Gasteiger partial charge in [0.05, 0.1) is 30.8 Å². The van der Waals surface area contributed by atoms with Crippen LogP contribution >= 0.6 is 0 Å². The molecular formula is C34H62O11Si. The molecule has 0 aromatic heterocycles. The van der Waals surface area contributed by atoms with Crippen LogP contribution in [0.25, 0.3) is 0 Å². The fraction of sp³-hybridized carbons (Fsp3) is 0.941. The molecule has 3 saturated heterocycles. The summed E-state index contributed by atoms with van der Waals surface area (Å²) in [5, 5.41) is 0.00519. The summed E-state index contributed by atoms with van der Waals surface area (Å²) < 4.78 is 56.1. The summed E-state index contributed by atoms with van der Waals surface area (Å²) in [4.78, 5) is 25.2. The Morgan fingerprint density at radius 2 is 1.63 bits per heavy atom. The number of carbonyl (C=O) groups is 2. The Morgan fingerprint density at radius 1 is 0.978 bits per heavy atom. The molecule has 0 aliphatic carbocycles. The summed E-state index contributed by atoms with van der Waals surface area (Å²) in [6.45, 7) is 17.2. The van der Waals surface area contributed by atoms with Crippen molar-refractivity contribution < 1.29 is 51.9 Å². The largest absolute Gasteiger partial charge is 0.459 e. The summed E-state index contributed by atoms with van der Waals surface area (Å²) in [6.07, 6.45) is 1.33. The molecule has 0 saturated carbocycles. The summed E-state index contributed by atoms with van der Waals surface area (Å²) in [5.41, 5.74) is -0.901. The first kappa shape index (κ1) is 39.5. The molecule has 0 unspecified atom stereocenters. The van der Waals surface area contributed by atoms with Crippen molar-refractivity contribution in [2.75, 3.05) is 28.4 Å². The molecule has 11 atom stereocenters. The number of cyclic esters (lactones) is 1. The Morgan fingerprint density at radius 3 is 2.20 bits per heavy atom. The standard InChI is InChI=1S/C34H62O11Si/c1-22-14-15-24-18-25(42-31-30(39-9)29(38-8)28(37-7)23(2)41-31)19-34(40-10,43-24)21-27(36)44-33(6,16-13-17-35)20-26(22)45-46(11,12)32(3,4)5/h17,22-26,28-31H,13-16,18-21H2,1-12H3/t22-,23-,24-,25+,26-,28-,29+,30+,31-,33-,34-/m0/s1. The number of carbonyl (C=O) groups excluding carboxylic acids is 2. The second-order valence-corrected chi connectivity index (χ2v) is 20.1. The first-order valence-corrected chi connectivity index (χ1v) is 19.8. The van der Waals surface area contributed by atoms with E-state index in [9.17, 15) is 9.59 Å². The Hall–Kier alpha value is -0.963. The summed E-state index contributed by atoms with van der Waals surface area (Å²) >= 11 is 0. The van der Waals surface area contributed by atoms with Crippen molar-refractivity contribution >= 4 is 20.6 Å². The Balaban J connectivity index is 1.93. The van der Waals surface area contributed by atoms with Gasteiger partial charge in [0.15, 0.2) is 20.4 Å². The van der Waals surface area contributed by atoms with Gasteiger partial charge < -0.3 is 47.1 Å². The van der Waals surface area contributed by atoms with E-state index in [4.69, 9.17) is 42.3 Å². The molecule has 12 heteroatoms. The molecule has 3 fully saturated rings. The lowest BCUT2D eigenvalue weighted by atomic mass is 9.84. The van der Waals surface area contributed by atoms with Crippen molar-refractivity contribution in [1.29, 1.82) is 0 Å². The maximum atomic E-state index is 13.7. The lowest BCUT2D eigenvalue weighted by Crippen LogP contribution is -2.60. The Bertz CT molecular complexity index is 989. The van der Waals surface area contributed by atoms with E-state index in [0.717, 1.165) is 19.1 Å². The van der Waals surface area contributed by atoms with E-state index < -0.39 is 44.2 Å². The molecule has 11 nitrogen and oxygen atoms in total. The molecule has 0 aromatic rings. The fourth-order valence-electron chi connectivity index (χ4n) is 6.90. The van der Waals surface area contributed by atoms with Crippen LogP contribution < -0.4 is 0 Å². The number of esters is 1. The van der Waals surface area contributed by atoms with Crippen molar-refractivity contribution in [3.05, 3.63) is 0 Å². The van der Waals surface area contributed by atoms with Gasteiger partial charge in [0.2, 0.25) is 0 Å². The Labute approximate surface area is 278 Å². The third-order valence-corrected chi connectivity index (χ3v) is 15.2. The topological polar surface area (TPSA) is 117 Å². The fourth-order valence-corrected chi connectivity index (χ4v) is 8.33. The van der Waals surface area contributed by atoms with Gasteiger partial charge in [-0.05, 0) is 57.2 Å². The van der Waals surface area contributed by atoms with Crippen molar-refractivity contribution in [1.82, 2.24) is 0 Å². The molecule has 0 radical (unpaired) electrons. The lowest BCUT2D eigenvalue weighted by molar-refractivity contribution is -0.342. The van der Waals surface area contributed by atoms with Gasteiger partial charge in [0, 0.05) is 54.1 Å². The van der Waals surface area contributed by atoms with Crippen LogP contribution in [0.2, 0.25) is 18.1 Å². The molecule has 0 aromatic carbocycles. The predicted octanol–water partition coefficient (Wildman–Crippen LogP) is 5.56. The molecule has 2 bridgehead atoms. The van der Waals surface area contributed by atoms with Crippen LogP contribution in [0.1, 0.15) is 92.9 Å². The van der Waals surface area contributed by atoms with Crippen LogP contribution in [0.3, 0.4) is 0 Å². The van der Waals surface area contributed by atoms with Gasteiger partial charge in [0.25, 0.3) is 0 Å². The maximum Gasteiger partial charge on any atom is 0.311 e. The average molecular weight is 675 g/mol. The number of aldehydes is 1. The summed E-state index contributed by atoms with van der Waals surface area (Å²) in [6, 6.07) is 0. The van der Waals surface area contributed by atoms with E-state index in [0.29, 0.717) is 25.7 Å². The molecule has 268 valence electrons. The molecule has 3 heterocycles. The molecule has 0 amide bonds. The SMILES string of the molecule is CO[C@@H]1[C@@H](OC)[C@H](C)O[C@@H](O[C@@H]2C[C@@H]3CC[C@H](C)[C@@H](O[Si](C)(C)C(C)(C)C)C[C@](C)(CCC=O)OC(=O)C[C@](OC)(C2)O3)[C@@H]1OC. The molecule has 0 spiro atoms. The van der Waals surface area contributed by atoms with Gasteiger partial charge in [-0.3, -0.25) is 4.79 Å². The van der Waals surface area contributed by atoms with E-state index in [1.807, 2.05) is 13.8 Å². The van der Waals surface area contributed by atoms with Crippen molar-refractivity contribution in [3.63, 3.8) is 0 Å². The van der Waals surface area contributed by atoms with Crippen molar-refractivity contribution in [3.8, 4) is 0 Å². The minimum Gasteiger partial charge on any atom is -0.459 e. The molecule has 0 N–H and O–H groups in total. The van der Waals surface area contributed by atoms with E-state index in [2.05, 4.69) is 40.8 Å². The van der Waals surface area contributed by atoms with Gasteiger partial charge in [-0.1, -0.05) is 27.7 Å². The molecular weight excluding hydrogens is 612 g/mol. The van der Waals surface area contributed by atoms with Crippen LogP contribution in [0.15, 0.2) is 0 Å². The van der Waals surface area contributed by atoms with Gasteiger partial charge >= 0.3 is 5.97 Å². The van der Waals surface area contributed by atoms with Crippen molar-refractivity contribution in [2.45, 2.75) is 171 Å². The first-order valence-electron chi connectivity index (χ1n) is 16.9. The van der Waals surface area contributed by atoms with Gasteiger partial charge in [-0.25, -0.2) is 0 Å². The minimum atomic E-state index is -2.17. The highest BCUT2D eigenvalue weighted by Crippen LogP contribution is 2.43. The van der Waals surface area contributed by atoms with Crippen LogP contribution in [-0.4, -0.2) is 109 Å². The zero-order valence-electron chi connectivity index (χ0n) is 30.4. The highest BCUT2D eigenvalue weighted by molar-refractivity contribution is 6.74. The van der Waals surface area contributed by atoms with Crippen molar-refractivity contribution in [2.24, 2.45) is 5.92 Å². The summed E-state index contributed by atoms with van der Waals surface area (Å²) in [7, 11) is 4.23. The number of fused-ring (bicyclic) bond motifs is 2. The predicted molar refractivity (Wildman–Crippen MR) is 175 cm³/mol. The third kappa shape index (κ3) is 9.59. The maximum absolute atomic E-state index is 13.7. The zero-order chi connectivity index (χ0) is 34.5. The Kier molecular flexibility index (Phi) is 13.9. The number of ether oxygens (including phenoxy) is 8. The van der Waals surface area contributed by atoms with Crippen LogP contribution in [0.5, 0.6) is 0 Å². The number of hydrogen-bond acceptors (Lipinski definition) is 11. The molecule has 3 aliphatic rings. The number of rotatable bonds is 11. The highest BCUT2D eigenvalue weighted by atomic mass is 28.4. The second kappa shape index (κ2) is 16.2. The molecule has 3 rings (SSSR count). The van der Waals surface area contributed by atoms with Crippen LogP contribution in [-0.2, 0) is 51.9 Å². The van der Waals surface area contributed by atoms with Gasteiger partial charge in [0.1, 0.15) is 30.2 Å². The lowest BCUT2D eigenvalue weighted by Gasteiger charge is -2.48. The van der Waals surface area contributed by atoms with Gasteiger partial charge in [-0.15, -0.1) is 0 Å². The first-order chi connectivity index (χ1) is 21.5. The molecule has 3 aliphatic heterocycles. The normalized spacial score (nSPS) is 40.0. The number of hydrogen-bond donors (Lipinski definition) is 0. The monoisotopic (exact) mass is 674 g/mol. The van der Waals surface area contributed by atoms with Gasteiger partial charge in [-0.2, -0.15) is 0 Å². The summed E-state index contributed by atoms with van der Waals surface area (Å²) in [5.74, 6) is -1.57. The average Bonchev–Trinajstić information content (AvgIpc) is 2.96. The number of methoxy groups -OCH3 is 4. The smallest absolute Gasteiger partial charge is 0.311 e. The van der Waals surface area contributed by atoms with E-state index >= 15 is 0 Å². The van der Waals surface area contributed by atoms with E-state index in [-0.39, 0.29) is 54.3 Å². The minimum absolute atomic E-state index is 0.00519. The quantitative estimate of drug-likeness (QED) is 0.156. The molecule has 46 heavy (non-hydrogen) atoms. The van der Waals surface area contributed by atoms with Crippen LogP contribution in [0, 0.1) is 5.92 Å². The van der Waals surface area contributed by atoms with E-state index in [1.165, 1.54) is 0 Å². The van der Waals surface area contributed by atoms with Crippen LogP contribution in [0.4, 0.5) is 0 Å². The zero-order valence-corrected chi connectivity index (χ0v) is 31.4. The highest BCUT2D eigenvalue weighted by Gasteiger charge is 2.51. The third-order valence-electron chi connectivity index (χ3n) is 10.7. The van der Waals surface area contributed by atoms with E-state index in [1.54, 1.807) is 28.4 Å².